The Morgan fingerprint density at radius 2 is 1.76 bits per heavy atom. The zero-order chi connectivity index (χ0) is 19.8. The van der Waals surface area contributed by atoms with Crippen LogP contribution in [0.5, 0.6) is 5.75 Å². The maximum Gasteiger partial charge on any atom is 0.271 e. The first-order valence-electron chi connectivity index (χ1n) is 9.80. The van der Waals surface area contributed by atoms with Gasteiger partial charge in [0.15, 0.2) is 6.54 Å². The summed E-state index contributed by atoms with van der Waals surface area (Å²) >= 11 is 5.96. The molecule has 1 atom stereocenters. The smallest absolute Gasteiger partial charge is 0.271 e. The van der Waals surface area contributed by atoms with Gasteiger partial charge in [-0.1, -0.05) is 41.9 Å². The van der Waals surface area contributed by atoms with Crippen LogP contribution in [0.4, 0.5) is 0 Å². The quantitative estimate of drug-likeness (QED) is 0.508. The Hall–Kier alpha value is -2.89. The second-order valence-electron chi connectivity index (χ2n) is 7.58. The van der Waals surface area contributed by atoms with Crippen LogP contribution >= 0.6 is 11.6 Å². The Bertz CT molecular complexity index is 1150. The molecule has 0 amide bonds. The topological polar surface area (TPSA) is 63.6 Å². The summed E-state index contributed by atoms with van der Waals surface area (Å²) in [5, 5.41) is 21.9. The molecule has 29 heavy (non-hydrogen) atoms. The van der Waals surface area contributed by atoms with Crippen molar-refractivity contribution in [3.63, 3.8) is 0 Å². The van der Waals surface area contributed by atoms with Crippen molar-refractivity contribution in [3.05, 3.63) is 77.1 Å². The summed E-state index contributed by atoms with van der Waals surface area (Å²) in [5.74, 6) is 1.45. The molecular formula is C23H21ClN3O2+. The van der Waals surface area contributed by atoms with Crippen LogP contribution in [-0.2, 0) is 13.1 Å². The lowest BCUT2D eigenvalue weighted by Gasteiger charge is -2.19. The van der Waals surface area contributed by atoms with Gasteiger partial charge < -0.3 is 14.4 Å². The number of fused-ring (bicyclic) bond motifs is 1. The van der Waals surface area contributed by atoms with E-state index >= 15 is 0 Å². The Labute approximate surface area is 173 Å². The van der Waals surface area contributed by atoms with E-state index in [2.05, 4.69) is 22.3 Å². The Morgan fingerprint density at radius 1 is 0.966 bits per heavy atom. The third kappa shape index (κ3) is 3.84. The number of hydrogen-bond acceptors (Lipinski definition) is 4. The molecule has 1 aromatic heterocycles. The van der Waals surface area contributed by atoms with Gasteiger partial charge in [0.2, 0.25) is 5.89 Å². The highest BCUT2D eigenvalue weighted by Gasteiger charge is 2.35. The minimum absolute atomic E-state index is 0.342. The molecule has 1 fully saturated rings. The molecule has 5 rings (SSSR count). The fraction of sp³-hybridized carbons (Fsp3) is 0.217. The number of rotatable bonds is 6. The second kappa shape index (κ2) is 7.50. The molecule has 3 aromatic carbocycles. The lowest BCUT2D eigenvalue weighted by Crippen LogP contribution is -3.10. The molecule has 0 bridgehead atoms. The summed E-state index contributed by atoms with van der Waals surface area (Å²) in [7, 11) is 0. The van der Waals surface area contributed by atoms with Gasteiger partial charge in [0.25, 0.3) is 5.89 Å². The van der Waals surface area contributed by atoms with E-state index < -0.39 is 0 Å². The lowest BCUT2D eigenvalue weighted by atomic mass is 10.0. The number of benzene rings is 3. The van der Waals surface area contributed by atoms with E-state index in [1.807, 2.05) is 42.5 Å². The standard InChI is InChI=1S/C23H20ClN3O2/c24-17-8-5-16(6-9-17)23-26-25-22(29-23)14-27(18-10-11-18)13-20-19-4-2-1-3-15(19)7-12-21(20)28/h1-9,12,18,28H,10-11,13-14H2/p+1. The monoisotopic (exact) mass is 406 g/mol. The average molecular weight is 407 g/mol. The van der Waals surface area contributed by atoms with E-state index in [-0.39, 0.29) is 0 Å². The van der Waals surface area contributed by atoms with Crippen molar-refractivity contribution < 1.29 is 14.4 Å². The highest BCUT2D eigenvalue weighted by atomic mass is 35.5. The van der Waals surface area contributed by atoms with Crippen molar-refractivity contribution in [3.8, 4) is 17.2 Å². The number of aromatic hydroxyl groups is 1. The normalized spacial score (nSPS) is 14.9. The Morgan fingerprint density at radius 3 is 2.55 bits per heavy atom. The molecule has 6 heteroatoms. The summed E-state index contributed by atoms with van der Waals surface area (Å²) in [6, 6.07) is 19.8. The van der Waals surface area contributed by atoms with Crippen molar-refractivity contribution >= 4 is 22.4 Å². The predicted molar refractivity (Wildman–Crippen MR) is 112 cm³/mol. The molecule has 0 saturated heterocycles. The molecule has 1 heterocycles. The van der Waals surface area contributed by atoms with Crippen molar-refractivity contribution in [2.24, 2.45) is 0 Å². The molecule has 146 valence electrons. The van der Waals surface area contributed by atoms with Crippen molar-refractivity contribution in [2.45, 2.75) is 32.0 Å². The van der Waals surface area contributed by atoms with E-state index in [0.29, 0.717) is 35.1 Å². The zero-order valence-corrected chi connectivity index (χ0v) is 16.6. The number of phenolic OH excluding ortho intramolecular Hbond substituents is 1. The number of hydrogen-bond donors (Lipinski definition) is 2. The van der Waals surface area contributed by atoms with Crippen LogP contribution in [0.25, 0.3) is 22.2 Å². The summed E-state index contributed by atoms with van der Waals surface area (Å²) in [6.07, 6.45) is 2.36. The van der Waals surface area contributed by atoms with Gasteiger partial charge in [0.1, 0.15) is 12.3 Å². The SMILES string of the molecule is Oc1ccc2ccccc2c1C[NH+](Cc1nnc(-c2ccc(Cl)cc2)o1)C1CC1. The predicted octanol–water partition coefficient (Wildman–Crippen LogP) is 4.00. The van der Waals surface area contributed by atoms with Crippen molar-refractivity contribution in [1.82, 2.24) is 10.2 Å². The first kappa shape index (κ1) is 18.2. The largest absolute Gasteiger partial charge is 0.507 e. The summed E-state index contributed by atoms with van der Waals surface area (Å²) in [5.41, 5.74) is 1.83. The average Bonchev–Trinajstić information content (AvgIpc) is 3.49. The van der Waals surface area contributed by atoms with E-state index in [0.717, 1.165) is 28.4 Å². The number of halogens is 1. The fourth-order valence-electron chi connectivity index (χ4n) is 3.81. The first-order chi connectivity index (χ1) is 14.2. The van der Waals surface area contributed by atoms with Crippen LogP contribution in [-0.4, -0.2) is 21.3 Å². The minimum atomic E-state index is 0.342. The van der Waals surface area contributed by atoms with Crippen LogP contribution in [0.3, 0.4) is 0 Å². The van der Waals surface area contributed by atoms with Crippen molar-refractivity contribution in [1.29, 1.82) is 0 Å². The van der Waals surface area contributed by atoms with Gasteiger partial charge in [0.05, 0.1) is 11.6 Å². The summed E-state index contributed by atoms with van der Waals surface area (Å²) in [6.45, 7) is 1.35. The number of nitrogens with one attached hydrogen (secondary N) is 1. The Balaban J connectivity index is 1.40. The molecule has 5 nitrogen and oxygen atoms in total. The molecule has 1 aliphatic carbocycles. The van der Waals surface area contributed by atoms with Crippen LogP contribution < -0.4 is 4.90 Å². The third-order valence-electron chi connectivity index (χ3n) is 5.51. The zero-order valence-electron chi connectivity index (χ0n) is 15.8. The molecule has 0 aliphatic heterocycles. The third-order valence-corrected chi connectivity index (χ3v) is 5.76. The summed E-state index contributed by atoms with van der Waals surface area (Å²) in [4.78, 5) is 1.34. The van der Waals surface area contributed by atoms with Gasteiger partial charge in [-0.2, -0.15) is 0 Å². The maximum absolute atomic E-state index is 10.5. The van der Waals surface area contributed by atoms with Gasteiger partial charge >= 0.3 is 0 Å². The lowest BCUT2D eigenvalue weighted by molar-refractivity contribution is -0.939. The van der Waals surface area contributed by atoms with Gasteiger partial charge in [-0.15, -0.1) is 10.2 Å². The summed E-state index contributed by atoms with van der Waals surface area (Å²) < 4.78 is 5.92. The number of aromatic nitrogens is 2. The molecule has 1 unspecified atom stereocenters. The molecule has 0 radical (unpaired) electrons. The second-order valence-corrected chi connectivity index (χ2v) is 8.01. The minimum Gasteiger partial charge on any atom is -0.507 e. The van der Waals surface area contributed by atoms with Crippen LogP contribution in [0.1, 0.15) is 24.3 Å². The van der Waals surface area contributed by atoms with Crippen LogP contribution in [0.2, 0.25) is 5.02 Å². The van der Waals surface area contributed by atoms with Crippen molar-refractivity contribution in [2.75, 3.05) is 0 Å². The van der Waals surface area contributed by atoms with Gasteiger partial charge in [-0.05, 0) is 41.1 Å². The van der Waals surface area contributed by atoms with E-state index in [1.54, 1.807) is 6.07 Å². The first-order valence-corrected chi connectivity index (χ1v) is 10.2. The molecular weight excluding hydrogens is 386 g/mol. The van der Waals surface area contributed by atoms with E-state index in [9.17, 15) is 5.11 Å². The van der Waals surface area contributed by atoms with Gasteiger partial charge in [-0.3, -0.25) is 0 Å². The molecule has 0 spiro atoms. The van der Waals surface area contributed by atoms with Crippen LogP contribution in [0.15, 0.2) is 65.1 Å². The van der Waals surface area contributed by atoms with Gasteiger partial charge in [-0.25, -0.2) is 0 Å². The van der Waals surface area contributed by atoms with E-state index in [1.165, 1.54) is 17.7 Å². The number of nitrogens with zero attached hydrogens (tertiary/aromatic N) is 2. The highest BCUT2D eigenvalue weighted by Crippen LogP contribution is 2.27. The molecule has 1 aliphatic rings. The molecule has 2 N–H and O–H groups in total. The fourth-order valence-corrected chi connectivity index (χ4v) is 3.93. The highest BCUT2D eigenvalue weighted by molar-refractivity contribution is 6.30. The van der Waals surface area contributed by atoms with E-state index in [4.69, 9.17) is 16.0 Å². The number of phenols is 1. The molecule has 4 aromatic rings. The maximum atomic E-state index is 10.5. The Kier molecular flexibility index (Phi) is 4.70. The van der Waals surface area contributed by atoms with Gasteiger partial charge in [0, 0.05) is 23.4 Å². The number of quaternary nitrogens is 1. The van der Waals surface area contributed by atoms with Crippen LogP contribution in [0, 0.1) is 0 Å². The molecule has 1 saturated carbocycles.